The maximum atomic E-state index is 13.7. The van der Waals surface area contributed by atoms with E-state index >= 15 is 0 Å². The number of fused-ring (bicyclic) bond motifs is 1. The van der Waals surface area contributed by atoms with Crippen LogP contribution in [0.25, 0.3) is 11.3 Å². The molecule has 10 nitrogen and oxygen atoms in total. The van der Waals surface area contributed by atoms with Gasteiger partial charge in [0.05, 0.1) is 24.8 Å². The standard InChI is InChI=1S/C28H36BN3O7/c1-18(2)15-21(29-32(4,17-26(36)39-29)14-13-25(35)38-29)16-24(34)27(19(3)33)31-28(37)23-12-8-11-22(30-23)20-9-6-5-7-10-20/h5-12,18-19,21,27,33H,13-17H2,1-4H3,(H,31,37)/t19-,21-,27+,29?,32?/m1/s1. The molecular formula is C28H36BN3O7. The second-order valence-electron chi connectivity index (χ2n) is 11.3. The minimum absolute atomic E-state index is 0.0516. The van der Waals surface area contributed by atoms with E-state index in [0.717, 1.165) is 5.56 Å². The van der Waals surface area contributed by atoms with Gasteiger partial charge in [-0.15, -0.1) is 0 Å². The first-order valence-corrected chi connectivity index (χ1v) is 13.4. The number of aliphatic hydroxyl groups excluding tert-OH is 1. The Hall–Kier alpha value is -3.57. The van der Waals surface area contributed by atoms with Crippen molar-refractivity contribution in [1.82, 2.24) is 10.3 Å². The Bertz CT molecular complexity index is 1250. The van der Waals surface area contributed by atoms with Crippen molar-refractivity contribution in [2.75, 3.05) is 20.1 Å². The van der Waals surface area contributed by atoms with Crippen molar-refractivity contribution >= 4 is 30.3 Å². The second kappa shape index (κ2) is 11.3. The number of nitrogens with zero attached hydrogens (tertiary/aromatic N) is 2. The van der Waals surface area contributed by atoms with Crippen LogP contribution in [0.4, 0.5) is 0 Å². The van der Waals surface area contributed by atoms with Crippen LogP contribution in [0.2, 0.25) is 5.82 Å². The zero-order valence-electron chi connectivity index (χ0n) is 22.8. The highest BCUT2D eigenvalue weighted by Gasteiger charge is 2.66. The molecule has 1 aromatic heterocycles. The molecule has 1 amide bonds. The van der Waals surface area contributed by atoms with Gasteiger partial charge in [-0.3, -0.25) is 19.2 Å². The van der Waals surface area contributed by atoms with Crippen LogP contribution in [0.5, 0.6) is 0 Å². The molecule has 2 N–H and O–H groups in total. The van der Waals surface area contributed by atoms with Crippen LogP contribution in [0, 0.1) is 5.92 Å². The van der Waals surface area contributed by atoms with Gasteiger partial charge in [-0.05, 0) is 37.2 Å². The van der Waals surface area contributed by atoms with Gasteiger partial charge in [-0.25, -0.2) is 4.98 Å². The molecule has 2 saturated heterocycles. The number of Topliss-reactive ketones (excluding diaryl/α,β-unsaturated/α-hetero) is 1. The molecule has 39 heavy (non-hydrogen) atoms. The SMILES string of the molecule is CC(C)C[C@H](CC(=O)[C@@H](NC(=O)c1cccc(-c2ccccc2)n1)[C@@H](C)O)[B-]12OC(=O)CC[N+]1(C)CC(=O)O2. The Balaban J connectivity index is 1.57. The van der Waals surface area contributed by atoms with Gasteiger partial charge >= 0.3 is 12.7 Å². The Morgan fingerprint density at radius 3 is 2.41 bits per heavy atom. The summed E-state index contributed by atoms with van der Waals surface area (Å²) in [6.07, 6.45) is -0.758. The molecule has 0 aliphatic carbocycles. The number of aromatic nitrogens is 1. The first kappa shape index (κ1) is 28.4. The zero-order valence-corrected chi connectivity index (χ0v) is 22.8. The molecule has 0 bridgehead atoms. The highest BCUT2D eigenvalue weighted by atomic mass is 16.7. The fraction of sp³-hybridized carbons (Fsp3) is 0.464. The second-order valence-corrected chi connectivity index (χ2v) is 11.3. The summed E-state index contributed by atoms with van der Waals surface area (Å²) in [7, 11) is 1.81. The first-order valence-electron chi connectivity index (χ1n) is 13.4. The third-order valence-corrected chi connectivity index (χ3v) is 7.79. The van der Waals surface area contributed by atoms with Gasteiger partial charge < -0.3 is 24.1 Å². The summed E-state index contributed by atoms with van der Waals surface area (Å²) < 4.78 is 11.7. The average Bonchev–Trinajstić information content (AvgIpc) is 3.16. The van der Waals surface area contributed by atoms with Gasteiger partial charge in [0, 0.05) is 12.6 Å². The maximum absolute atomic E-state index is 13.7. The molecule has 1 aromatic carbocycles. The molecule has 0 radical (unpaired) electrons. The number of aliphatic hydroxyl groups is 1. The summed E-state index contributed by atoms with van der Waals surface area (Å²) in [5, 5.41) is 13.2. The fourth-order valence-corrected chi connectivity index (χ4v) is 5.89. The van der Waals surface area contributed by atoms with Gasteiger partial charge in [-0.2, -0.15) is 0 Å². The Morgan fingerprint density at radius 2 is 1.74 bits per heavy atom. The van der Waals surface area contributed by atoms with Crippen LogP contribution < -0.4 is 5.32 Å². The quantitative estimate of drug-likeness (QED) is 0.442. The number of rotatable bonds is 10. The van der Waals surface area contributed by atoms with Gasteiger partial charge in [-0.1, -0.05) is 56.7 Å². The van der Waals surface area contributed by atoms with E-state index in [4.69, 9.17) is 9.31 Å². The minimum Gasteiger partial charge on any atom is -0.604 e. The molecule has 5 atom stereocenters. The number of hydrogen-bond acceptors (Lipinski definition) is 8. The van der Waals surface area contributed by atoms with Crippen LogP contribution in [-0.4, -0.2) is 77.1 Å². The molecule has 11 heteroatoms. The highest BCUT2D eigenvalue weighted by molar-refractivity contribution is 6.66. The molecule has 4 rings (SSSR count). The number of carbonyl (C=O) groups is 4. The topological polar surface area (TPSA) is 132 Å². The maximum Gasteiger partial charge on any atom is 0.586 e. The molecule has 3 heterocycles. The van der Waals surface area contributed by atoms with Crippen molar-refractivity contribution in [2.24, 2.45) is 5.92 Å². The van der Waals surface area contributed by atoms with Crippen LogP contribution >= 0.6 is 0 Å². The number of benzene rings is 1. The molecule has 2 aliphatic rings. The number of ketones is 1. The summed E-state index contributed by atoms with van der Waals surface area (Å²) in [4.78, 5) is 56.1. The zero-order chi connectivity index (χ0) is 28.4. The lowest BCUT2D eigenvalue weighted by Gasteiger charge is -2.54. The van der Waals surface area contributed by atoms with Crippen LogP contribution in [0.3, 0.4) is 0 Å². The lowest BCUT2D eigenvalue weighted by molar-refractivity contribution is -0.815. The summed E-state index contributed by atoms with van der Waals surface area (Å²) in [5.41, 5.74) is 1.54. The molecule has 2 fully saturated rings. The van der Waals surface area contributed by atoms with Crippen molar-refractivity contribution in [3.05, 3.63) is 54.2 Å². The number of amides is 1. The van der Waals surface area contributed by atoms with Crippen LogP contribution in [0.15, 0.2) is 48.5 Å². The summed E-state index contributed by atoms with van der Waals surface area (Å²) in [5.74, 6) is -2.51. The van der Waals surface area contributed by atoms with E-state index in [1.54, 1.807) is 12.1 Å². The fourth-order valence-electron chi connectivity index (χ4n) is 5.89. The monoisotopic (exact) mass is 537 g/mol. The van der Waals surface area contributed by atoms with E-state index in [9.17, 15) is 24.3 Å². The molecule has 2 aromatic rings. The van der Waals surface area contributed by atoms with E-state index in [1.165, 1.54) is 13.0 Å². The lowest BCUT2D eigenvalue weighted by Crippen LogP contribution is -2.71. The predicted octanol–water partition coefficient (Wildman–Crippen LogP) is 2.49. The van der Waals surface area contributed by atoms with E-state index in [1.807, 2.05) is 51.2 Å². The molecule has 0 spiro atoms. The number of hydrogen-bond donors (Lipinski definition) is 2. The van der Waals surface area contributed by atoms with Gasteiger partial charge in [0.2, 0.25) is 0 Å². The molecule has 2 aliphatic heterocycles. The van der Waals surface area contributed by atoms with Crippen molar-refractivity contribution in [2.45, 2.75) is 58.0 Å². The van der Waals surface area contributed by atoms with Gasteiger partial charge in [0.15, 0.2) is 5.78 Å². The highest BCUT2D eigenvalue weighted by Crippen LogP contribution is 2.45. The Kier molecular flexibility index (Phi) is 8.22. The number of pyridine rings is 1. The molecule has 0 saturated carbocycles. The average molecular weight is 537 g/mol. The van der Waals surface area contributed by atoms with Gasteiger partial charge in [0.25, 0.3) is 11.9 Å². The van der Waals surface area contributed by atoms with Crippen molar-refractivity contribution in [3.8, 4) is 11.3 Å². The Labute approximate surface area is 228 Å². The summed E-state index contributed by atoms with van der Waals surface area (Å²) in [6, 6.07) is 13.2. The third kappa shape index (κ3) is 5.89. The molecule has 208 valence electrons. The molecule has 2 unspecified atom stereocenters. The Morgan fingerprint density at radius 1 is 1.05 bits per heavy atom. The lowest BCUT2D eigenvalue weighted by atomic mass is 9.50. The third-order valence-electron chi connectivity index (χ3n) is 7.79. The van der Waals surface area contributed by atoms with Crippen molar-refractivity contribution in [3.63, 3.8) is 0 Å². The number of likely N-dealkylation sites (N-methyl/N-ethyl adjacent to an activating group) is 1. The minimum atomic E-state index is -2.51. The summed E-state index contributed by atoms with van der Waals surface area (Å²) in [6.45, 7) is 3.27. The number of carbonyl (C=O) groups excluding carboxylic acids is 4. The van der Waals surface area contributed by atoms with E-state index in [2.05, 4.69) is 10.3 Å². The van der Waals surface area contributed by atoms with Crippen molar-refractivity contribution < 1.29 is 38.0 Å². The van der Waals surface area contributed by atoms with E-state index in [-0.39, 0.29) is 35.4 Å². The van der Waals surface area contributed by atoms with Crippen molar-refractivity contribution in [1.29, 1.82) is 0 Å². The normalized spacial score (nSPS) is 24.8. The van der Waals surface area contributed by atoms with Gasteiger partial charge in [0.1, 0.15) is 18.3 Å². The number of quaternary nitrogens is 1. The molecular weight excluding hydrogens is 501 g/mol. The van der Waals surface area contributed by atoms with Crippen LogP contribution in [-0.2, 0) is 23.7 Å². The predicted molar refractivity (Wildman–Crippen MR) is 144 cm³/mol. The first-order chi connectivity index (χ1) is 18.4. The van der Waals surface area contributed by atoms with E-state index < -0.39 is 48.3 Å². The largest absolute Gasteiger partial charge is 0.604 e. The number of nitrogens with one attached hydrogen (secondary N) is 1. The van der Waals surface area contributed by atoms with E-state index in [0.29, 0.717) is 18.7 Å². The summed E-state index contributed by atoms with van der Waals surface area (Å²) >= 11 is 0. The smallest absolute Gasteiger partial charge is 0.586 e. The van der Waals surface area contributed by atoms with Crippen LogP contribution in [0.1, 0.15) is 50.5 Å².